The van der Waals surface area contributed by atoms with Gasteiger partial charge in [-0.1, -0.05) is 170 Å². The molecule has 9 nitrogen and oxygen atoms in total. The molecule has 0 bridgehead atoms. The van der Waals surface area contributed by atoms with Crippen molar-refractivity contribution in [3.8, 4) is 44.5 Å². The predicted molar refractivity (Wildman–Crippen MR) is 397 cm³/mol. The monoisotopic (exact) mass is 1270 g/mol. The molecule has 0 amide bonds. The fourth-order valence-corrected chi connectivity index (χ4v) is 13.2. The molecule has 12 heteroatoms. The number of para-hydroxylation sites is 2. The van der Waals surface area contributed by atoms with Gasteiger partial charge in [0.25, 0.3) is 0 Å². The molecule has 0 N–H and O–H groups in total. The molecular weight excluding hydrogens is 1190 g/mol. The number of fused-ring (bicyclic) bond motifs is 10. The molecule has 0 unspecified atom stereocenters. The number of aryl methyl sites for hydroxylation is 2. The van der Waals surface area contributed by atoms with Gasteiger partial charge in [0.15, 0.2) is 0 Å². The molecule has 3 fully saturated rings. The summed E-state index contributed by atoms with van der Waals surface area (Å²) in [6, 6.07) is 64.4. The Morgan fingerprint density at radius 2 is 0.708 bits per heavy atom. The molecular formula is C84H79B3O9. The fourth-order valence-electron chi connectivity index (χ4n) is 13.2. The van der Waals surface area contributed by atoms with Crippen molar-refractivity contribution in [2.24, 2.45) is 0 Å². The maximum atomic E-state index is 8.60. The summed E-state index contributed by atoms with van der Waals surface area (Å²) in [5.74, 6) is 0. The fraction of sp³-hybridized carbons (Fsp3) is 0.238. The van der Waals surface area contributed by atoms with Gasteiger partial charge in [0.2, 0.25) is 0 Å². The van der Waals surface area contributed by atoms with E-state index in [1.54, 1.807) is 0 Å². The lowest BCUT2D eigenvalue weighted by Crippen LogP contribution is -2.41. The van der Waals surface area contributed by atoms with Crippen molar-refractivity contribution < 1.29 is 48.0 Å². The highest BCUT2D eigenvalue weighted by atomic mass is 16.7. The highest BCUT2D eigenvalue weighted by Crippen LogP contribution is 2.44. The molecule has 14 aromatic rings. The second-order valence-electron chi connectivity index (χ2n) is 28.8. The molecule has 0 radical (unpaired) electrons. The van der Waals surface area contributed by atoms with Crippen LogP contribution in [-0.2, 0) is 27.9 Å². The van der Waals surface area contributed by atoms with E-state index in [4.69, 9.17) is 48.0 Å². The van der Waals surface area contributed by atoms with E-state index in [9.17, 15) is 0 Å². The molecule has 478 valence electrons. The summed E-state index contributed by atoms with van der Waals surface area (Å²) in [7, 11) is -1.21. The zero-order valence-electron chi connectivity index (χ0n) is 61.9. The van der Waals surface area contributed by atoms with Crippen molar-refractivity contribution >= 4 is 114 Å². The third-order valence-corrected chi connectivity index (χ3v) is 20.8. The van der Waals surface area contributed by atoms with Crippen molar-refractivity contribution in [2.45, 2.75) is 131 Å². The lowest BCUT2D eigenvalue weighted by Gasteiger charge is -2.32. The first-order chi connectivity index (χ1) is 47.9. The maximum Gasteiger partial charge on any atom is 0.495 e. The number of hydrogen-bond donors (Lipinski definition) is 0. The summed E-state index contributed by atoms with van der Waals surface area (Å²) < 4.78 is 97.5. The van der Waals surface area contributed by atoms with Gasteiger partial charge in [0, 0.05) is 37.9 Å². The van der Waals surface area contributed by atoms with Crippen LogP contribution in [0.4, 0.5) is 0 Å². The predicted octanol–water partition coefficient (Wildman–Crippen LogP) is 20.1. The second kappa shape index (κ2) is 23.4. The normalized spacial score (nSPS) is 18.2. The van der Waals surface area contributed by atoms with Gasteiger partial charge >= 0.3 is 21.4 Å². The van der Waals surface area contributed by atoms with Crippen LogP contribution in [0.3, 0.4) is 0 Å². The van der Waals surface area contributed by atoms with E-state index >= 15 is 0 Å². The van der Waals surface area contributed by atoms with Gasteiger partial charge in [-0.2, -0.15) is 0 Å². The lowest BCUT2D eigenvalue weighted by molar-refractivity contribution is 0.00578. The van der Waals surface area contributed by atoms with E-state index in [0.29, 0.717) is 16.7 Å². The van der Waals surface area contributed by atoms with Crippen LogP contribution in [-0.4, -0.2) is 55.0 Å². The summed E-state index contributed by atoms with van der Waals surface area (Å²) in [6.45, 7) is 29.0. The third kappa shape index (κ3) is 11.2. The van der Waals surface area contributed by atoms with Crippen LogP contribution in [0.15, 0.2) is 238 Å². The zero-order chi connectivity index (χ0) is 71.2. The second-order valence-corrected chi connectivity index (χ2v) is 28.8. The van der Waals surface area contributed by atoms with Crippen LogP contribution in [0.25, 0.3) is 121 Å². The summed E-state index contributed by atoms with van der Waals surface area (Å²) >= 11 is 0. The van der Waals surface area contributed by atoms with Gasteiger partial charge in [-0.05, 0) is 229 Å². The third-order valence-electron chi connectivity index (χ3n) is 20.8. The molecule has 96 heavy (non-hydrogen) atoms. The Labute approximate surface area is 570 Å². The summed E-state index contributed by atoms with van der Waals surface area (Å²) in [5.41, 5.74) is 15.0. The van der Waals surface area contributed by atoms with Crippen molar-refractivity contribution in [2.75, 3.05) is 0 Å². The highest BCUT2D eigenvalue weighted by molar-refractivity contribution is 6.65. The van der Waals surface area contributed by atoms with Crippen LogP contribution in [0.5, 0.6) is 0 Å². The van der Waals surface area contributed by atoms with Crippen LogP contribution in [0.1, 0.15) is 101 Å². The standard InChI is InChI=1S/C30H27BO3.C28H25BO3.C26H27BO3/c1-29(2)30(3,4)34-31(33-29)23-16-14-20(15-17-23)22-18-25(21-10-6-5-7-11-21)28-26(19-22)24-12-8-9-13-27(24)32-28;1-27(2)28(3,4)32-29(31-27)24-15-14-19(20-9-5-6-10-21(20)24)18-13-16-26-23(17-18)22-11-7-8-12-25(22)30-26;1-16-13-17(2)24-22(14-16)21-15-19(9-12-23(21)28-24)18-7-10-20(11-8-18)27-29-25(3,4)26(5,6)30-27/h5-19H,1-4H3;5-17H,1-4H3;7-15H,1-6H3/i5D,6D,7D,10D,11D;;. The number of rotatable bonds is 7. The van der Waals surface area contributed by atoms with Crippen LogP contribution >= 0.6 is 0 Å². The largest absolute Gasteiger partial charge is 0.495 e. The highest BCUT2D eigenvalue weighted by Gasteiger charge is 2.54. The molecule has 3 aromatic heterocycles. The molecule has 11 aromatic carbocycles. The molecule has 3 aliphatic heterocycles. The maximum absolute atomic E-state index is 8.60. The molecule has 3 saturated heterocycles. The molecule has 0 aliphatic carbocycles. The van der Waals surface area contributed by atoms with Gasteiger partial charge in [0.05, 0.1) is 40.5 Å². The minimum absolute atomic E-state index is 0.112. The SMILES string of the molecule is CC1(C)OB(c2ccc(-c3ccc4oc5ccccc5c4c3)c3ccccc23)OC1(C)C.Cc1cc(C)c2oc3ccc(-c4ccc(B5OC(C)(C)C(C)(C)O5)cc4)cc3c2c1.[2H]c1c([2H])c([2H])c(-c2cc(-c3ccc(B4OC(C)(C)C(C)(C)O4)cc3)cc3c2oc2ccccc23)c([2H])c1[2H]. The van der Waals surface area contributed by atoms with Crippen molar-refractivity contribution in [1.29, 1.82) is 0 Å². The Balaban J connectivity index is 0.000000124. The Hall–Kier alpha value is -8.97. The summed E-state index contributed by atoms with van der Waals surface area (Å²) in [4.78, 5) is 0. The first-order valence-corrected chi connectivity index (χ1v) is 33.1. The Morgan fingerprint density at radius 1 is 0.292 bits per heavy atom. The topological polar surface area (TPSA) is 94.8 Å². The number of hydrogen-bond acceptors (Lipinski definition) is 9. The number of furan rings is 3. The van der Waals surface area contributed by atoms with E-state index in [1.807, 2.05) is 100 Å². The summed E-state index contributed by atoms with van der Waals surface area (Å²) in [5, 5.41) is 8.64. The number of benzene rings is 11. The molecule has 0 atom stereocenters. The smallest absolute Gasteiger partial charge is 0.456 e. The van der Waals surface area contributed by atoms with E-state index in [-0.39, 0.29) is 66.4 Å². The first kappa shape index (κ1) is 57.3. The van der Waals surface area contributed by atoms with Crippen molar-refractivity contribution in [1.82, 2.24) is 0 Å². The Morgan fingerprint density at radius 3 is 1.29 bits per heavy atom. The van der Waals surface area contributed by atoms with Crippen molar-refractivity contribution in [3.05, 3.63) is 235 Å². The van der Waals surface area contributed by atoms with E-state index < -0.39 is 24.4 Å². The first-order valence-electron chi connectivity index (χ1n) is 35.6. The quantitative estimate of drug-likeness (QED) is 0.145. The van der Waals surface area contributed by atoms with Gasteiger partial charge in [-0.15, -0.1) is 0 Å². The Kier molecular flexibility index (Phi) is 14.0. The molecule has 0 saturated carbocycles. The van der Waals surface area contributed by atoms with Crippen molar-refractivity contribution in [3.63, 3.8) is 0 Å². The lowest BCUT2D eigenvalue weighted by atomic mass is 9.75. The van der Waals surface area contributed by atoms with Gasteiger partial charge in [0.1, 0.15) is 33.5 Å². The van der Waals surface area contributed by atoms with E-state index in [0.717, 1.165) is 87.7 Å². The minimum atomic E-state index is -0.481. The van der Waals surface area contributed by atoms with Gasteiger partial charge in [-0.25, -0.2) is 0 Å². The average molecular weight is 1270 g/mol. The van der Waals surface area contributed by atoms with E-state index in [1.165, 1.54) is 38.6 Å². The van der Waals surface area contributed by atoms with Gasteiger partial charge in [-0.3, -0.25) is 0 Å². The van der Waals surface area contributed by atoms with E-state index in [2.05, 4.69) is 191 Å². The van der Waals surface area contributed by atoms with Crippen LogP contribution in [0, 0.1) is 13.8 Å². The minimum Gasteiger partial charge on any atom is -0.456 e. The van der Waals surface area contributed by atoms with Crippen LogP contribution in [0.2, 0.25) is 0 Å². The average Bonchev–Trinajstić information content (AvgIpc) is 1.18. The van der Waals surface area contributed by atoms with Gasteiger partial charge < -0.3 is 41.2 Å². The summed E-state index contributed by atoms with van der Waals surface area (Å²) in [6.07, 6.45) is 0. The molecule has 17 rings (SSSR count). The molecule has 6 heterocycles. The zero-order valence-corrected chi connectivity index (χ0v) is 56.9. The Bertz CT molecular complexity index is 5560. The molecule has 0 spiro atoms. The van der Waals surface area contributed by atoms with Crippen LogP contribution < -0.4 is 16.4 Å². The molecule has 3 aliphatic rings.